The van der Waals surface area contributed by atoms with E-state index in [-0.39, 0.29) is 6.04 Å². The fraction of sp³-hybridized carbons (Fsp3) is 0.250. The van der Waals surface area contributed by atoms with E-state index >= 15 is 0 Å². The van der Waals surface area contributed by atoms with Gasteiger partial charge in [-0.3, -0.25) is 0 Å². The van der Waals surface area contributed by atoms with Gasteiger partial charge in [0.15, 0.2) is 5.82 Å². The normalized spacial score (nSPS) is 17.4. The molecule has 1 aromatic heterocycles. The van der Waals surface area contributed by atoms with Crippen molar-refractivity contribution in [1.82, 2.24) is 9.97 Å². The van der Waals surface area contributed by atoms with Crippen molar-refractivity contribution in [1.29, 1.82) is 5.26 Å². The molecule has 2 heterocycles. The number of nitrogens with two attached hydrogens (primary N) is 1. The third-order valence-electron chi connectivity index (χ3n) is 4.57. The molecule has 0 amide bonds. The Balaban J connectivity index is 1.91. The lowest BCUT2D eigenvalue weighted by atomic mass is 10.0. The van der Waals surface area contributed by atoms with Crippen LogP contribution in [0.5, 0.6) is 0 Å². The Bertz CT molecular complexity index is 960. The van der Waals surface area contributed by atoms with Gasteiger partial charge < -0.3 is 10.6 Å². The van der Waals surface area contributed by atoms with Crippen molar-refractivity contribution in [2.45, 2.75) is 18.9 Å². The third kappa shape index (κ3) is 3.04. The van der Waals surface area contributed by atoms with E-state index in [9.17, 15) is 5.26 Å². The monoisotopic (exact) mass is 329 g/mol. The molecule has 1 aliphatic rings. The van der Waals surface area contributed by atoms with Crippen LogP contribution in [0.15, 0.2) is 48.5 Å². The topological polar surface area (TPSA) is 78.8 Å². The average molecular weight is 329 g/mol. The summed E-state index contributed by atoms with van der Waals surface area (Å²) in [6, 6.07) is 17.8. The molecule has 1 unspecified atom stereocenters. The van der Waals surface area contributed by atoms with Gasteiger partial charge in [0, 0.05) is 24.7 Å². The minimum absolute atomic E-state index is 0.153. The maximum atomic E-state index is 9.22. The van der Waals surface area contributed by atoms with E-state index in [1.807, 2.05) is 42.5 Å². The zero-order valence-electron chi connectivity index (χ0n) is 13.9. The van der Waals surface area contributed by atoms with Crippen LogP contribution in [-0.2, 0) is 0 Å². The number of benzene rings is 2. The number of hydrogen-bond donors (Lipinski definition) is 1. The summed E-state index contributed by atoms with van der Waals surface area (Å²) in [5.74, 6) is 0.851. The van der Waals surface area contributed by atoms with E-state index in [1.165, 1.54) is 0 Å². The lowest BCUT2D eigenvalue weighted by Crippen LogP contribution is -2.43. The van der Waals surface area contributed by atoms with Crippen LogP contribution in [0.3, 0.4) is 0 Å². The van der Waals surface area contributed by atoms with Crippen molar-refractivity contribution in [2.24, 2.45) is 5.73 Å². The zero-order chi connectivity index (χ0) is 17.2. The highest BCUT2D eigenvalue weighted by Gasteiger charge is 2.22. The molecule has 124 valence electrons. The van der Waals surface area contributed by atoms with Crippen LogP contribution in [0.1, 0.15) is 18.4 Å². The van der Waals surface area contributed by atoms with Crippen LogP contribution in [-0.4, -0.2) is 29.1 Å². The number of fused-ring (bicyclic) bond motifs is 1. The van der Waals surface area contributed by atoms with Crippen molar-refractivity contribution in [3.63, 3.8) is 0 Å². The van der Waals surface area contributed by atoms with Crippen LogP contribution in [0.2, 0.25) is 0 Å². The van der Waals surface area contributed by atoms with Gasteiger partial charge in [0.05, 0.1) is 22.7 Å². The number of nitrogens with zero attached hydrogens (tertiary/aromatic N) is 4. The molecule has 5 heteroatoms. The molecule has 2 aromatic carbocycles. The summed E-state index contributed by atoms with van der Waals surface area (Å²) >= 11 is 0. The van der Waals surface area contributed by atoms with Crippen LogP contribution >= 0.6 is 0 Å². The molecule has 0 radical (unpaired) electrons. The number of hydrogen-bond acceptors (Lipinski definition) is 5. The van der Waals surface area contributed by atoms with Crippen molar-refractivity contribution in [3.05, 3.63) is 54.1 Å². The molecule has 25 heavy (non-hydrogen) atoms. The molecule has 3 aromatic rings. The van der Waals surface area contributed by atoms with Gasteiger partial charge in [-0.05, 0) is 37.1 Å². The zero-order valence-corrected chi connectivity index (χ0v) is 13.9. The first-order chi connectivity index (χ1) is 12.2. The van der Waals surface area contributed by atoms with E-state index in [4.69, 9.17) is 15.7 Å². The molecular weight excluding hydrogens is 310 g/mol. The highest BCUT2D eigenvalue weighted by atomic mass is 15.2. The third-order valence-corrected chi connectivity index (χ3v) is 4.57. The highest BCUT2D eigenvalue weighted by molar-refractivity contribution is 5.83. The number of aromatic nitrogens is 2. The Kier molecular flexibility index (Phi) is 4.04. The number of nitriles is 1. The molecule has 0 spiro atoms. The van der Waals surface area contributed by atoms with Gasteiger partial charge in [0.2, 0.25) is 0 Å². The second-order valence-corrected chi connectivity index (χ2v) is 6.43. The molecule has 0 bridgehead atoms. The van der Waals surface area contributed by atoms with Crippen molar-refractivity contribution in [3.8, 4) is 17.3 Å². The minimum atomic E-state index is 0.153. The number of piperidine rings is 1. The smallest absolute Gasteiger partial charge is 0.156 e. The van der Waals surface area contributed by atoms with Crippen LogP contribution < -0.4 is 10.6 Å². The Morgan fingerprint density at radius 3 is 2.64 bits per heavy atom. The summed E-state index contributed by atoms with van der Waals surface area (Å²) < 4.78 is 0. The first-order valence-corrected chi connectivity index (χ1v) is 8.52. The van der Waals surface area contributed by atoms with Crippen LogP contribution in [0.4, 0.5) is 5.82 Å². The summed E-state index contributed by atoms with van der Waals surface area (Å²) in [5, 5.41) is 9.22. The summed E-state index contributed by atoms with van der Waals surface area (Å²) in [6.07, 6.45) is 2.09. The van der Waals surface area contributed by atoms with Crippen LogP contribution in [0, 0.1) is 11.3 Å². The molecule has 2 N–H and O–H groups in total. The van der Waals surface area contributed by atoms with Gasteiger partial charge in [-0.15, -0.1) is 0 Å². The predicted molar refractivity (Wildman–Crippen MR) is 99.1 cm³/mol. The standard InChI is InChI=1S/C20H19N5/c21-12-14-5-3-6-15(11-14)19-20(25-10-4-7-16(22)13-25)24-18-9-2-1-8-17(18)23-19/h1-3,5-6,8-9,11,16H,4,7,10,13,22H2. The van der Waals surface area contributed by atoms with Gasteiger partial charge in [0.1, 0.15) is 5.69 Å². The lowest BCUT2D eigenvalue weighted by Gasteiger charge is -2.32. The van der Waals surface area contributed by atoms with E-state index < -0.39 is 0 Å². The molecule has 5 nitrogen and oxygen atoms in total. The minimum Gasteiger partial charge on any atom is -0.353 e. The van der Waals surface area contributed by atoms with Gasteiger partial charge in [-0.2, -0.15) is 5.26 Å². The van der Waals surface area contributed by atoms with E-state index in [2.05, 4.69) is 11.0 Å². The van der Waals surface area contributed by atoms with Gasteiger partial charge in [0.25, 0.3) is 0 Å². The molecule has 1 atom stereocenters. The van der Waals surface area contributed by atoms with Crippen molar-refractivity contribution < 1.29 is 0 Å². The number of rotatable bonds is 2. The number of anilines is 1. The molecule has 1 fully saturated rings. The van der Waals surface area contributed by atoms with Crippen molar-refractivity contribution in [2.75, 3.05) is 18.0 Å². The molecule has 0 saturated carbocycles. The average Bonchev–Trinajstić information content (AvgIpc) is 2.67. The summed E-state index contributed by atoms with van der Waals surface area (Å²) in [7, 11) is 0. The molecule has 4 rings (SSSR count). The quantitative estimate of drug-likeness (QED) is 0.781. The molecule has 1 saturated heterocycles. The Morgan fingerprint density at radius 1 is 1.08 bits per heavy atom. The van der Waals surface area contributed by atoms with Crippen molar-refractivity contribution >= 4 is 16.9 Å². The molecular formula is C20H19N5. The number of para-hydroxylation sites is 2. The van der Waals surface area contributed by atoms with Gasteiger partial charge >= 0.3 is 0 Å². The largest absolute Gasteiger partial charge is 0.353 e. The van der Waals surface area contributed by atoms with E-state index in [0.29, 0.717) is 5.56 Å². The first kappa shape index (κ1) is 15.6. The summed E-state index contributed by atoms with van der Waals surface area (Å²) in [5.41, 5.74) is 10.2. The SMILES string of the molecule is N#Cc1cccc(-c2nc3ccccc3nc2N2CCCC(N)C2)c1. The maximum Gasteiger partial charge on any atom is 0.156 e. The summed E-state index contributed by atoms with van der Waals surface area (Å²) in [6.45, 7) is 1.70. The fourth-order valence-electron chi connectivity index (χ4n) is 3.34. The molecule has 1 aliphatic heterocycles. The predicted octanol–water partition coefficient (Wildman–Crippen LogP) is 3.10. The van der Waals surface area contributed by atoms with Crippen LogP contribution in [0.25, 0.3) is 22.3 Å². The second kappa shape index (κ2) is 6.50. The maximum absolute atomic E-state index is 9.22. The fourth-order valence-corrected chi connectivity index (χ4v) is 3.34. The Morgan fingerprint density at radius 2 is 1.88 bits per heavy atom. The Labute approximate surface area is 146 Å². The second-order valence-electron chi connectivity index (χ2n) is 6.43. The first-order valence-electron chi connectivity index (χ1n) is 8.52. The molecule has 0 aliphatic carbocycles. The summed E-state index contributed by atoms with van der Waals surface area (Å²) in [4.78, 5) is 12.0. The van der Waals surface area contributed by atoms with E-state index in [0.717, 1.165) is 54.0 Å². The highest BCUT2D eigenvalue weighted by Crippen LogP contribution is 2.31. The van der Waals surface area contributed by atoms with Gasteiger partial charge in [-0.25, -0.2) is 9.97 Å². The van der Waals surface area contributed by atoms with Gasteiger partial charge in [-0.1, -0.05) is 24.3 Å². The Hall–Kier alpha value is -2.97. The van der Waals surface area contributed by atoms with E-state index in [1.54, 1.807) is 6.07 Å². The lowest BCUT2D eigenvalue weighted by molar-refractivity contribution is 0.503.